The number of H-pyrrole nitrogens is 2. The van der Waals surface area contributed by atoms with E-state index in [-0.39, 0.29) is 35.7 Å². The summed E-state index contributed by atoms with van der Waals surface area (Å²) in [7, 11) is 2.69. The number of rotatable bonds is 14. The maximum absolute atomic E-state index is 13.6. The smallest absolute Gasteiger partial charge is 0.407 e. The minimum atomic E-state index is -0.666. The molecule has 288 valence electrons. The van der Waals surface area contributed by atoms with Gasteiger partial charge in [0.25, 0.3) is 0 Å². The van der Waals surface area contributed by atoms with Crippen LogP contribution < -0.4 is 5.32 Å². The van der Waals surface area contributed by atoms with Gasteiger partial charge in [0.15, 0.2) is 0 Å². The number of methoxy groups -OCH3 is 1. The Hall–Kier alpha value is -5.24. The van der Waals surface area contributed by atoms with Gasteiger partial charge in [-0.05, 0) is 79.2 Å². The van der Waals surface area contributed by atoms with Crippen LogP contribution in [0.3, 0.4) is 0 Å². The number of imidazole rings is 2. The molecular weight excluding hydrogens is 688 g/mol. The third-order valence-corrected chi connectivity index (χ3v) is 10.5. The fraction of sp³-hybridized carbons (Fsp3) is 0.500. The molecule has 0 radical (unpaired) electrons. The Morgan fingerprint density at radius 2 is 1.57 bits per heavy atom. The number of aryl methyl sites for hydroxylation is 2. The van der Waals surface area contributed by atoms with Gasteiger partial charge in [0.1, 0.15) is 23.7 Å². The number of alkyl carbamates (subject to hydrolysis) is 1. The minimum absolute atomic E-state index is 0.00659. The first kappa shape index (κ1) is 38.5. The number of ether oxygens (including phenoxy) is 1. The number of nitrogens with one attached hydrogen (secondary N) is 3. The van der Waals surface area contributed by atoms with Gasteiger partial charge in [-0.25, -0.2) is 19.8 Å². The largest absolute Gasteiger partial charge is 0.453 e. The fourth-order valence-corrected chi connectivity index (χ4v) is 7.51. The number of aromatic amines is 2. The topological polar surface area (TPSA) is 167 Å². The van der Waals surface area contributed by atoms with Gasteiger partial charge in [0.2, 0.25) is 18.2 Å². The number of amides is 3. The van der Waals surface area contributed by atoms with Gasteiger partial charge >= 0.3 is 6.09 Å². The number of aromatic nitrogens is 4. The van der Waals surface area contributed by atoms with Crippen LogP contribution in [0.1, 0.15) is 88.4 Å². The maximum Gasteiger partial charge on any atom is 0.407 e. The van der Waals surface area contributed by atoms with Crippen molar-refractivity contribution >= 4 is 35.3 Å². The predicted octanol–water partition coefficient (Wildman–Crippen LogP) is 6.08. The van der Waals surface area contributed by atoms with Gasteiger partial charge in [-0.1, -0.05) is 58.0 Å². The second-order valence-electron chi connectivity index (χ2n) is 14.8. The van der Waals surface area contributed by atoms with E-state index in [4.69, 9.17) is 14.6 Å². The zero-order valence-corrected chi connectivity index (χ0v) is 32.0. The van der Waals surface area contributed by atoms with Crippen LogP contribution in [0.5, 0.6) is 0 Å². The maximum atomic E-state index is 13.6. The van der Waals surface area contributed by atoms with Crippen molar-refractivity contribution in [3.8, 4) is 11.1 Å². The Balaban J connectivity index is 1.08. The van der Waals surface area contributed by atoms with Crippen molar-refractivity contribution < 1.29 is 28.9 Å². The highest BCUT2D eigenvalue weighted by Gasteiger charge is 2.38. The molecule has 2 aromatic carbocycles. The zero-order valence-electron chi connectivity index (χ0n) is 32.0. The molecule has 2 fully saturated rings. The lowest BCUT2D eigenvalue weighted by atomic mass is 10.0. The molecule has 54 heavy (non-hydrogen) atoms. The van der Waals surface area contributed by atoms with Crippen LogP contribution in [-0.4, -0.2) is 93.4 Å². The molecule has 6 rings (SSSR count). The molecule has 2 aliphatic heterocycles. The van der Waals surface area contributed by atoms with Crippen LogP contribution in [0.15, 0.2) is 53.7 Å². The monoisotopic (exact) mass is 740 g/mol. The highest BCUT2D eigenvalue weighted by Crippen LogP contribution is 2.35. The molecule has 3 amide bonds. The van der Waals surface area contributed by atoms with E-state index in [0.717, 1.165) is 78.0 Å². The number of fused-ring (bicyclic) bond motifs is 1. The average molecular weight is 741 g/mol. The molecule has 0 unspecified atom stereocenters. The van der Waals surface area contributed by atoms with Crippen molar-refractivity contribution in [3.05, 3.63) is 71.6 Å². The highest BCUT2D eigenvalue weighted by molar-refractivity contribution is 5.87. The van der Waals surface area contributed by atoms with E-state index in [2.05, 4.69) is 66.5 Å². The number of hydrogen-bond acceptors (Lipinski definition) is 9. The van der Waals surface area contributed by atoms with Gasteiger partial charge in [-0.3, -0.25) is 9.59 Å². The summed E-state index contributed by atoms with van der Waals surface area (Å²) in [5.41, 5.74) is 6.17. The standard InChI is InChI=1S/C40H52N8O6/c1-24(2)34(42-23-54-53-6)38(49)48-20-8-10-33(48)37-44-30-18-16-28(21-31(30)45-37)27-14-11-26(12-15-27)13-17-29-22-41-36(43-29)32-9-7-19-47(32)39(50)35(25(3)4)46-40(51)52-5/h11-12,14-16,18,21-25,32-35H,7-10,13,17,19-20H2,1-6H3,(H,41,43)(H,44,45)(H,46,51)/t32-,33-,34-,35-/m0/s1. The van der Waals surface area contributed by atoms with Crippen LogP contribution in [0, 0.1) is 11.8 Å². The predicted molar refractivity (Wildman–Crippen MR) is 204 cm³/mol. The molecule has 14 nitrogen and oxygen atoms in total. The molecule has 4 atom stereocenters. The van der Waals surface area contributed by atoms with E-state index in [1.54, 1.807) is 0 Å². The molecule has 14 heteroatoms. The van der Waals surface area contributed by atoms with E-state index >= 15 is 0 Å². The molecule has 0 spiro atoms. The van der Waals surface area contributed by atoms with E-state index in [1.165, 1.54) is 26.2 Å². The molecule has 3 N–H and O–H groups in total. The van der Waals surface area contributed by atoms with Gasteiger partial charge < -0.3 is 34.7 Å². The molecule has 0 aliphatic carbocycles. The van der Waals surface area contributed by atoms with Crippen molar-refractivity contribution in [3.63, 3.8) is 0 Å². The Morgan fingerprint density at radius 1 is 0.889 bits per heavy atom. The Labute approximate surface area is 316 Å². The summed E-state index contributed by atoms with van der Waals surface area (Å²) in [6, 6.07) is 13.3. The second kappa shape index (κ2) is 17.3. The van der Waals surface area contributed by atoms with Gasteiger partial charge in [-0.2, -0.15) is 4.89 Å². The number of carbonyl (C=O) groups is 3. The summed E-state index contributed by atoms with van der Waals surface area (Å²) in [5, 5.41) is 2.70. The Bertz CT molecular complexity index is 1940. The molecule has 4 aromatic rings. The number of benzene rings is 2. The molecular formula is C40H52N8O6. The van der Waals surface area contributed by atoms with E-state index in [1.807, 2.05) is 49.8 Å². The van der Waals surface area contributed by atoms with E-state index < -0.39 is 18.2 Å². The first-order chi connectivity index (χ1) is 26.1. The number of aliphatic imine (C=N–C) groups is 1. The summed E-state index contributed by atoms with van der Waals surface area (Å²) in [6.07, 6.45) is 7.45. The van der Waals surface area contributed by atoms with Crippen LogP contribution in [-0.2, 0) is 36.9 Å². The zero-order chi connectivity index (χ0) is 38.4. The van der Waals surface area contributed by atoms with Gasteiger partial charge in [0, 0.05) is 25.0 Å². The van der Waals surface area contributed by atoms with Crippen molar-refractivity contribution in [2.45, 2.75) is 90.4 Å². The quantitative estimate of drug-likeness (QED) is 0.0606. The SMILES string of the molecule is COOC=N[C@H](C(=O)N1CCC[C@H]1c1nc2ccc(-c3ccc(CCc4cnc([C@@H]5CCCN5C(=O)[C@@H](NC(=O)OC)C(C)C)[nH]4)cc3)cc2[nH]1)C(C)C. The van der Waals surface area contributed by atoms with Crippen LogP contribution >= 0.6 is 0 Å². The van der Waals surface area contributed by atoms with E-state index in [0.29, 0.717) is 13.1 Å². The number of likely N-dealkylation sites (tertiary alicyclic amines) is 2. The molecule has 2 saturated heterocycles. The third kappa shape index (κ3) is 8.59. The Kier molecular flexibility index (Phi) is 12.3. The lowest BCUT2D eigenvalue weighted by Crippen LogP contribution is -2.51. The highest BCUT2D eigenvalue weighted by atomic mass is 17.2. The lowest BCUT2D eigenvalue weighted by Gasteiger charge is -2.30. The second-order valence-corrected chi connectivity index (χ2v) is 14.8. The summed E-state index contributed by atoms with van der Waals surface area (Å²) in [4.78, 5) is 73.0. The van der Waals surface area contributed by atoms with Gasteiger partial charge in [-0.15, -0.1) is 0 Å². The Morgan fingerprint density at radius 3 is 2.24 bits per heavy atom. The van der Waals surface area contributed by atoms with Gasteiger partial charge in [0.05, 0.1) is 37.3 Å². The minimum Gasteiger partial charge on any atom is -0.453 e. The molecule has 0 saturated carbocycles. The summed E-state index contributed by atoms with van der Waals surface area (Å²) in [5.74, 6) is 1.30. The fourth-order valence-electron chi connectivity index (χ4n) is 7.51. The van der Waals surface area contributed by atoms with Crippen molar-refractivity contribution in [1.29, 1.82) is 0 Å². The summed E-state index contributed by atoms with van der Waals surface area (Å²) in [6.45, 7) is 9.03. The van der Waals surface area contributed by atoms with Crippen LogP contribution in [0.25, 0.3) is 22.2 Å². The number of hydrogen-bond donors (Lipinski definition) is 3. The van der Waals surface area contributed by atoms with Crippen molar-refractivity contribution in [2.24, 2.45) is 16.8 Å². The molecule has 4 heterocycles. The van der Waals surface area contributed by atoms with Crippen LogP contribution in [0.4, 0.5) is 4.79 Å². The summed E-state index contributed by atoms with van der Waals surface area (Å²) >= 11 is 0. The third-order valence-electron chi connectivity index (χ3n) is 10.5. The average Bonchev–Trinajstić information content (AvgIpc) is 4.00. The van der Waals surface area contributed by atoms with Crippen molar-refractivity contribution in [2.75, 3.05) is 27.3 Å². The lowest BCUT2D eigenvalue weighted by molar-refractivity contribution is -0.188. The molecule has 2 aliphatic rings. The summed E-state index contributed by atoms with van der Waals surface area (Å²) < 4.78 is 4.75. The number of nitrogens with zero attached hydrogens (tertiary/aromatic N) is 5. The number of carbonyl (C=O) groups excluding carboxylic acids is 3. The van der Waals surface area contributed by atoms with Crippen LogP contribution in [0.2, 0.25) is 0 Å². The molecule has 2 aromatic heterocycles. The normalized spacial score (nSPS) is 18.6. The van der Waals surface area contributed by atoms with Crippen molar-refractivity contribution in [1.82, 2.24) is 35.1 Å². The first-order valence-electron chi connectivity index (χ1n) is 18.9. The molecule has 0 bridgehead atoms. The first-order valence-corrected chi connectivity index (χ1v) is 18.9. The van der Waals surface area contributed by atoms with E-state index in [9.17, 15) is 14.4 Å².